The zero-order valence-corrected chi connectivity index (χ0v) is 30.2. The molecule has 1 aliphatic heterocycles. The van der Waals surface area contributed by atoms with E-state index >= 15 is 0 Å². The third-order valence-electron chi connectivity index (χ3n) is 9.53. The Kier molecular flexibility index (Phi) is 10.7. The van der Waals surface area contributed by atoms with Crippen molar-refractivity contribution in [2.45, 2.75) is 39.3 Å². The number of aromatic nitrogens is 1. The molecule has 2 heterocycles. The minimum atomic E-state index is -0.545. The molecule has 3 aromatic carbocycles. The molecule has 254 valence electrons. The molecule has 0 radical (unpaired) electrons. The number of hydrogen-bond donors (Lipinski definition) is 2. The minimum absolute atomic E-state index is 0.253. The zero-order valence-electron chi connectivity index (χ0n) is 30.2. The lowest BCUT2D eigenvalue weighted by molar-refractivity contribution is 0.678. The lowest BCUT2D eigenvalue weighted by Crippen LogP contribution is -2.33. The first-order chi connectivity index (χ1) is 25.0. The number of hydrogen-bond acceptors (Lipinski definition) is 4. The molecule has 4 nitrogen and oxygen atoms in total. The fraction of sp³-hybridized carbons (Fsp3) is 0.149. The molecule has 4 aromatic rings. The highest BCUT2D eigenvalue weighted by Crippen LogP contribution is 2.58. The molecule has 1 aromatic heterocycles. The second-order valence-electron chi connectivity index (χ2n) is 12.5. The van der Waals surface area contributed by atoms with Crippen molar-refractivity contribution in [3.63, 3.8) is 0 Å². The molecule has 0 saturated heterocycles. The fourth-order valence-corrected chi connectivity index (χ4v) is 7.37. The van der Waals surface area contributed by atoms with Crippen molar-refractivity contribution in [2.24, 2.45) is 4.99 Å². The van der Waals surface area contributed by atoms with Gasteiger partial charge in [0.15, 0.2) is 0 Å². The lowest BCUT2D eigenvalue weighted by Gasteiger charge is -2.34. The third-order valence-corrected chi connectivity index (χ3v) is 9.53. The molecule has 2 unspecified atom stereocenters. The van der Waals surface area contributed by atoms with Gasteiger partial charge >= 0.3 is 0 Å². The normalized spacial score (nSPS) is 19.2. The van der Waals surface area contributed by atoms with Crippen LogP contribution in [0, 0.1) is 0 Å². The summed E-state index contributed by atoms with van der Waals surface area (Å²) in [5.74, 6) is 0. The van der Waals surface area contributed by atoms with Crippen molar-refractivity contribution < 1.29 is 0 Å². The van der Waals surface area contributed by atoms with Crippen LogP contribution >= 0.6 is 0 Å². The maximum atomic E-state index is 5.20. The average molecular weight is 667 g/mol. The Morgan fingerprint density at radius 2 is 1.57 bits per heavy atom. The van der Waals surface area contributed by atoms with Gasteiger partial charge in [0.05, 0.1) is 16.8 Å². The van der Waals surface area contributed by atoms with E-state index in [4.69, 9.17) is 9.98 Å². The molecule has 4 heteroatoms. The first kappa shape index (κ1) is 34.8. The molecule has 2 atom stereocenters. The number of allylic oxidation sites excluding steroid dienone is 10. The van der Waals surface area contributed by atoms with Crippen LogP contribution < -0.4 is 10.6 Å². The van der Waals surface area contributed by atoms with E-state index in [1.54, 1.807) is 0 Å². The minimum Gasteiger partial charge on any atom is -0.394 e. The summed E-state index contributed by atoms with van der Waals surface area (Å²) in [5.41, 5.74) is 13.6. The molecule has 0 amide bonds. The van der Waals surface area contributed by atoms with E-state index in [1.165, 1.54) is 27.8 Å². The van der Waals surface area contributed by atoms with Crippen LogP contribution in [0.3, 0.4) is 0 Å². The predicted octanol–water partition coefficient (Wildman–Crippen LogP) is 10.6. The molecular weight excluding hydrogens is 621 g/mol. The predicted molar refractivity (Wildman–Crippen MR) is 217 cm³/mol. The summed E-state index contributed by atoms with van der Waals surface area (Å²) in [6.45, 7) is 12.4. The SMILES string of the molecule is C=C/C(=C\NC)C1(c2ccccc2)c2ccccc2-c2c(-c3ccc(C4=NC(C(/C=C\C)=C/C=C\C)NC(C(/C=C\C)=C/C)=C4)cn3)cccc21. The average Bonchev–Trinajstić information content (AvgIpc) is 3.49. The van der Waals surface area contributed by atoms with Gasteiger partial charge in [-0.1, -0.05) is 134 Å². The Morgan fingerprint density at radius 1 is 0.824 bits per heavy atom. The highest BCUT2D eigenvalue weighted by molar-refractivity contribution is 6.10. The van der Waals surface area contributed by atoms with Crippen LogP contribution in [-0.4, -0.2) is 23.9 Å². The van der Waals surface area contributed by atoms with E-state index in [0.29, 0.717) is 0 Å². The molecular formula is C47H46N4. The second kappa shape index (κ2) is 15.7. The number of nitrogens with one attached hydrogen (secondary N) is 2. The third kappa shape index (κ3) is 6.41. The Bertz CT molecular complexity index is 2150. The molecule has 1 aliphatic carbocycles. The number of benzene rings is 3. The summed E-state index contributed by atoms with van der Waals surface area (Å²) in [5, 5.41) is 6.97. The number of aliphatic imine (C=N–C) groups is 1. The van der Waals surface area contributed by atoms with Gasteiger partial charge in [0.2, 0.25) is 0 Å². The molecule has 2 N–H and O–H groups in total. The largest absolute Gasteiger partial charge is 0.394 e. The lowest BCUT2D eigenvalue weighted by atomic mass is 9.67. The van der Waals surface area contributed by atoms with Gasteiger partial charge in [0, 0.05) is 36.3 Å². The molecule has 0 saturated carbocycles. The number of nitrogens with zero attached hydrogens (tertiary/aromatic N) is 2. The molecule has 51 heavy (non-hydrogen) atoms. The smallest absolute Gasteiger partial charge is 0.145 e. The maximum absolute atomic E-state index is 5.20. The Labute approximate surface area is 303 Å². The van der Waals surface area contributed by atoms with Crippen LogP contribution in [-0.2, 0) is 5.41 Å². The summed E-state index contributed by atoms with van der Waals surface area (Å²) in [6, 6.07) is 30.4. The summed E-state index contributed by atoms with van der Waals surface area (Å²) in [4.78, 5) is 10.3. The van der Waals surface area contributed by atoms with Crippen LogP contribution in [0.1, 0.15) is 49.9 Å². The summed E-state index contributed by atoms with van der Waals surface area (Å²) >= 11 is 0. The monoisotopic (exact) mass is 666 g/mol. The van der Waals surface area contributed by atoms with Crippen molar-refractivity contribution in [1.29, 1.82) is 0 Å². The first-order valence-electron chi connectivity index (χ1n) is 17.6. The molecule has 2 aliphatic rings. The standard InChI is InChI=1S/C47H46N4/c1-7-12-21-34(20-9-3)46-50-43(33(10-4)19-8-2)30-44(51-46)35-28-29-42(49-31-35)39-25-18-27-41-45(39)38-24-16-17-26-40(38)47(41,36(11-5)32-48-6)37-22-14-13-15-23-37/h7-32,46,48,50H,5H2,1-4,6H3/b12-7-,19-8-,20-9-,33-10+,34-21+,36-32+. The highest BCUT2D eigenvalue weighted by atomic mass is 15.1. The van der Waals surface area contributed by atoms with Gasteiger partial charge in [-0.3, -0.25) is 9.98 Å². The van der Waals surface area contributed by atoms with Gasteiger partial charge in [-0.2, -0.15) is 0 Å². The van der Waals surface area contributed by atoms with Crippen LogP contribution in [0.2, 0.25) is 0 Å². The van der Waals surface area contributed by atoms with Gasteiger partial charge in [-0.25, -0.2) is 0 Å². The second-order valence-corrected chi connectivity index (χ2v) is 12.5. The topological polar surface area (TPSA) is 49.3 Å². The van der Waals surface area contributed by atoms with Crippen LogP contribution in [0.25, 0.3) is 22.4 Å². The van der Waals surface area contributed by atoms with E-state index in [9.17, 15) is 0 Å². The van der Waals surface area contributed by atoms with Gasteiger partial charge in [0.25, 0.3) is 0 Å². The van der Waals surface area contributed by atoms with Crippen molar-refractivity contribution in [2.75, 3.05) is 7.05 Å². The maximum Gasteiger partial charge on any atom is 0.145 e. The van der Waals surface area contributed by atoms with Gasteiger partial charge < -0.3 is 10.6 Å². The number of pyridine rings is 1. The van der Waals surface area contributed by atoms with E-state index < -0.39 is 5.41 Å². The Morgan fingerprint density at radius 3 is 2.25 bits per heavy atom. The number of fused-ring (bicyclic) bond motifs is 3. The van der Waals surface area contributed by atoms with Crippen molar-refractivity contribution in [3.8, 4) is 22.4 Å². The van der Waals surface area contributed by atoms with Gasteiger partial charge in [-0.15, -0.1) is 0 Å². The summed E-state index contributed by atoms with van der Waals surface area (Å²) in [7, 11) is 1.94. The fourth-order valence-electron chi connectivity index (χ4n) is 7.37. The van der Waals surface area contributed by atoms with Crippen molar-refractivity contribution in [1.82, 2.24) is 15.6 Å². The van der Waals surface area contributed by atoms with E-state index in [0.717, 1.165) is 44.9 Å². The van der Waals surface area contributed by atoms with Gasteiger partial charge in [0.1, 0.15) is 6.17 Å². The van der Waals surface area contributed by atoms with Crippen molar-refractivity contribution in [3.05, 3.63) is 209 Å². The van der Waals surface area contributed by atoms with Crippen molar-refractivity contribution >= 4 is 5.71 Å². The quantitative estimate of drug-likeness (QED) is 0.157. The molecule has 0 bridgehead atoms. The van der Waals surface area contributed by atoms with E-state index in [2.05, 4.69) is 164 Å². The van der Waals surface area contributed by atoms with Crippen LogP contribution in [0.15, 0.2) is 192 Å². The van der Waals surface area contributed by atoms with Crippen LogP contribution in [0.5, 0.6) is 0 Å². The summed E-state index contributed by atoms with van der Waals surface area (Å²) < 4.78 is 0. The Balaban J connectivity index is 1.51. The molecule has 6 rings (SSSR count). The zero-order chi connectivity index (χ0) is 35.8. The van der Waals surface area contributed by atoms with Gasteiger partial charge in [-0.05, 0) is 90.4 Å². The molecule has 0 spiro atoms. The first-order valence-corrected chi connectivity index (χ1v) is 17.6. The Hall–Kier alpha value is -6.00. The molecule has 0 fully saturated rings. The van der Waals surface area contributed by atoms with E-state index in [-0.39, 0.29) is 6.17 Å². The highest BCUT2D eigenvalue weighted by Gasteiger charge is 2.47. The summed E-state index contributed by atoms with van der Waals surface area (Å²) in [6.07, 6.45) is 24.6. The van der Waals surface area contributed by atoms with E-state index in [1.807, 2.05) is 46.2 Å². The van der Waals surface area contributed by atoms with Crippen LogP contribution in [0.4, 0.5) is 0 Å². The number of rotatable bonds is 11.